The molecule has 2 amide bonds. The number of halogens is 1. The number of hydrogen-bond acceptors (Lipinski definition) is 8. The van der Waals surface area contributed by atoms with Gasteiger partial charge >= 0.3 is 0 Å². The average Bonchev–Trinajstić information content (AvgIpc) is 3.78. The van der Waals surface area contributed by atoms with Gasteiger partial charge < -0.3 is 9.32 Å². The average molecular weight is 711 g/mol. The Balaban J connectivity index is 1.21. The fraction of sp³-hybridized carbons (Fsp3) is 0.125. The summed E-state index contributed by atoms with van der Waals surface area (Å²) in [6, 6.07) is 30.8. The third kappa shape index (κ3) is 4.68. The first-order valence-electron chi connectivity index (χ1n) is 16.3. The number of carbonyl (C=O) groups excluding carboxylic acids is 2. The number of fused-ring (bicyclic) bond motifs is 6. The van der Waals surface area contributed by atoms with Crippen LogP contribution in [0.5, 0.6) is 0 Å². The van der Waals surface area contributed by atoms with E-state index in [1.54, 1.807) is 53.4 Å². The van der Waals surface area contributed by atoms with Crippen molar-refractivity contribution in [2.45, 2.75) is 36.0 Å². The van der Waals surface area contributed by atoms with E-state index in [9.17, 15) is 14.0 Å². The summed E-state index contributed by atoms with van der Waals surface area (Å²) in [7, 11) is 0. The van der Waals surface area contributed by atoms with Gasteiger partial charge in [-0.3, -0.25) is 19.3 Å². The quantitative estimate of drug-likeness (QED) is 0.127. The molecule has 250 valence electrons. The summed E-state index contributed by atoms with van der Waals surface area (Å²) in [5.74, 6) is -1.17. The first-order valence-corrected chi connectivity index (χ1v) is 18.1. The minimum atomic E-state index is -1.92. The normalized spacial score (nSPS) is 16.5. The molecular formula is C40H27FN4O4S2. The van der Waals surface area contributed by atoms with Crippen molar-refractivity contribution >= 4 is 67.5 Å². The van der Waals surface area contributed by atoms with Crippen LogP contribution in [0.15, 0.2) is 117 Å². The van der Waals surface area contributed by atoms with Crippen molar-refractivity contribution in [2.24, 2.45) is 0 Å². The van der Waals surface area contributed by atoms with E-state index in [2.05, 4.69) is 34.5 Å². The van der Waals surface area contributed by atoms with Crippen molar-refractivity contribution in [3.05, 3.63) is 158 Å². The van der Waals surface area contributed by atoms with Crippen molar-refractivity contribution in [3.63, 3.8) is 0 Å². The number of aromatic nitrogens is 2. The van der Waals surface area contributed by atoms with Crippen LogP contribution in [0.2, 0.25) is 0 Å². The fourth-order valence-electron chi connectivity index (χ4n) is 7.26. The molecule has 0 aliphatic carbocycles. The van der Waals surface area contributed by atoms with Gasteiger partial charge in [-0.05, 0) is 77.2 Å². The van der Waals surface area contributed by atoms with Crippen molar-refractivity contribution in [1.29, 1.82) is 0 Å². The van der Waals surface area contributed by atoms with E-state index < -0.39 is 28.6 Å². The van der Waals surface area contributed by atoms with Crippen LogP contribution in [0.4, 0.5) is 15.2 Å². The van der Waals surface area contributed by atoms with E-state index in [-0.39, 0.29) is 34.0 Å². The number of amides is 2. The lowest BCUT2D eigenvalue weighted by Crippen LogP contribution is -2.53. The van der Waals surface area contributed by atoms with Gasteiger partial charge in [0.05, 0.1) is 23.2 Å². The van der Waals surface area contributed by atoms with Crippen LogP contribution in [-0.4, -0.2) is 22.0 Å². The number of carbonyl (C=O) groups is 2. The van der Waals surface area contributed by atoms with Gasteiger partial charge in [0.25, 0.3) is 11.8 Å². The summed E-state index contributed by atoms with van der Waals surface area (Å²) in [6.07, 6.45) is 0. The highest BCUT2D eigenvalue weighted by molar-refractivity contribution is 8.00. The van der Waals surface area contributed by atoms with Gasteiger partial charge in [0.1, 0.15) is 11.4 Å². The van der Waals surface area contributed by atoms with Crippen molar-refractivity contribution in [1.82, 2.24) is 10.2 Å². The predicted molar refractivity (Wildman–Crippen MR) is 197 cm³/mol. The molecule has 0 saturated heterocycles. The van der Waals surface area contributed by atoms with Gasteiger partial charge in [-0.25, -0.2) is 4.39 Å². The van der Waals surface area contributed by atoms with E-state index in [1.807, 2.05) is 32.0 Å². The van der Waals surface area contributed by atoms with Gasteiger partial charge in [0.2, 0.25) is 10.9 Å². The highest BCUT2D eigenvalue weighted by atomic mass is 32.2. The van der Waals surface area contributed by atoms with Crippen LogP contribution in [0, 0.1) is 19.7 Å². The third-order valence-corrected chi connectivity index (χ3v) is 11.9. The van der Waals surface area contributed by atoms with Crippen LogP contribution in [0.3, 0.4) is 0 Å². The van der Waals surface area contributed by atoms with Crippen LogP contribution in [0.1, 0.15) is 43.9 Å². The molecule has 1 atom stereocenters. The Bertz CT molecular complexity index is 2650. The monoisotopic (exact) mass is 710 g/mol. The van der Waals surface area contributed by atoms with E-state index in [1.165, 1.54) is 40.1 Å². The fourth-order valence-corrected chi connectivity index (χ4v) is 9.15. The SMILES string of the molecule is Cc1cc2oc3c(c(=O)c2cc1C)C1(C(=O)N(Cc2ccc(F)cc2)c2ccccc21)N(c1nnc(SCc2cccc4ccccc24)s1)C3=O. The Morgan fingerprint density at radius 3 is 2.43 bits per heavy atom. The first kappa shape index (κ1) is 31.3. The molecule has 1 spiro atoms. The number of aryl methyl sites for hydroxylation is 2. The van der Waals surface area contributed by atoms with Gasteiger partial charge in [-0.2, -0.15) is 0 Å². The van der Waals surface area contributed by atoms with Crippen LogP contribution in [0.25, 0.3) is 21.7 Å². The molecule has 0 bridgehead atoms. The Kier molecular flexibility index (Phi) is 7.20. The molecule has 2 aliphatic rings. The maximum atomic E-state index is 15.2. The Morgan fingerprint density at radius 1 is 0.843 bits per heavy atom. The highest BCUT2D eigenvalue weighted by Gasteiger charge is 2.66. The van der Waals surface area contributed by atoms with Crippen molar-refractivity contribution in [2.75, 3.05) is 9.80 Å². The number of benzene rings is 5. The molecule has 7 aromatic rings. The van der Waals surface area contributed by atoms with E-state index in [0.717, 1.165) is 27.5 Å². The molecule has 8 nitrogen and oxygen atoms in total. The molecule has 9 rings (SSSR count). The Labute approximate surface area is 299 Å². The lowest BCUT2D eigenvalue weighted by atomic mass is 9.84. The number of anilines is 2. The molecule has 11 heteroatoms. The molecule has 4 heterocycles. The molecule has 0 fully saturated rings. The van der Waals surface area contributed by atoms with Crippen LogP contribution < -0.4 is 15.2 Å². The number of para-hydroxylation sites is 1. The van der Waals surface area contributed by atoms with Gasteiger partial charge in [-0.1, -0.05) is 95.9 Å². The minimum Gasteiger partial charge on any atom is -0.450 e. The molecule has 0 radical (unpaired) electrons. The molecule has 0 saturated carbocycles. The first-order chi connectivity index (χ1) is 24.8. The van der Waals surface area contributed by atoms with E-state index in [4.69, 9.17) is 4.42 Å². The van der Waals surface area contributed by atoms with Gasteiger partial charge in [-0.15, -0.1) is 10.2 Å². The third-order valence-electron chi connectivity index (χ3n) is 9.81. The van der Waals surface area contributed by atoms with Crippen LogP contribution >= 0.6 is 23.1 Å². The number of nitrogens with zero attached hydrogens (tertiary/aromatic N) is 4. The summed E-state index contributed by atoms with van der Waals surface area (Å²) in [5, 5.41) is 11.6. The van der Waals surface area contributed by atoms with Crippen molar-refractivity contribution < 1.29 is 18.4 Å². The molecule has 51 heavy (non-hydrogen) atoms. The second-order valence-corrected chi connectivity index (χ2v) is 14.9. The van der Waals surface area contributed by atoms with Gasteiger partial charge in [0, 0.05) is 11.3 Å². The van der Waals surface area contributed by atoms with Crippen LogP contribution in [-0.2, 0) is 22.6 Å². The number of rotatable bonds is 6. The maximum absolute atomic E-state index is 15.2. The summed E-state index contributed by atoms with van der Waals surface area (Å²) in [5.41, 5.74) is 2.35. The lowest BCUT2D eigenvalue weighted by Gasteiger charge is -2.32. The standard InChI is InChI=1S/C40H27FN4O4S2/c1-22-18-29-32(19-23(22)2)49-35-33(34(29)46)40(30-12-5-6-13-31(30)44(37(40)48)20-24-14-16-27(41)17-15-24)45(36(35)47)38-42-43-39(51-38)50-21-26-10-7-9-25-8-3-4-11-28(25)26/h3-19H,20-21H2,1-2H3. The molecule has 5 aromatic carbocycles. The largest absolute Gasteiger partial charge is 0.450 e. The Hall–Kier alpha value is -5.65. The lowest BCUT2D eigenvalue weighted by molar-refractivity contribution is -0.121. The zero-order valence-corrected chi connectivity index (χ0v) is 29.0. The summed E-state index contributed by atoms with van der Waals surface area (Å²) in [4.78, 5) is 47.5. The molecule has 1 unspecified atom stereocenters. The smallest absolute Gasteiger partial charge is 0.297 e. The molecular weight excluding hydrogens is 684 g/mol. The molecule has 0 N–H and O–H groups in total. The second kappa shape index (κ2) is 11.7. The zero-order valence-electron chi connectivity index (χ0n) is 27.3. The zero-order chi connectivity index (χ0) is 35.0. The topological polar surface area (TPSA) is 96.6 Å². The van der Waals surface area contributed by atoms with Crippen molar-refractivity contribution in [3.8, 4) is 0 Å². The minimum absolute atomic E-state index is 0.0533. The van der Waals surface area contributed by atoms with E-state index in [0.29, 0.717) is 26.9 Å². The van der Waals surface area contributed by atoms with Gasteiger partial charge in [0.15, 0.2) is 15.3 Å². The molecule has 2 aliphatic heterocycles. The molecule has 2 aromatic heterocycles. The summed E-state index contributed by atoms with van der Waals surface area (Å²) >= 11 is 2.66. The summed E-state index contributed by atoms with van der Waals surface area (Å²) in [6.45, 7) is 3.88. The predicted octanol–water partition coefficient (Wildman–Crippen LogP) is 8.30. The number of hydrogen-bond donors (Lipinski definition) is 0. The highest BCUT2D eigenvalue weighted by Crippen LogP contribution is 2.55. The summed E-state index contributed by atoms with van der Waals surface area (Å²) < 4.78 is 20.8. The van der Waals surface area contributed by atoms with E-state index >= 15 is 4.79 Å². The Morgan fingerprint density at radius 2 is 1.59 bits per heavy atom. The maximum Gasteiger partial charge on any atom is 0.297 e. The second-order valence-electron chi connectivity index (χ2n) is 12.7. The number of thioether (sulfide) groups is 1.